The Balaban J connectivity index is 1.86. The second kappa shape index (κ2) is 2.16. The number of allylic oxidation sites excluding steroid dienone is 2. The Morgan fingerprint density at radius 1 is 1.07 bits per heavy atom. The van der Waals surface area contributed by atoms with Gasteiger partial charge < -0.3 is 0 Å². The van der Waals surface area contributed by atoms with Crippen molar-refractivity contribution in [2.45, 2.75) is 6.42 Å². The maximum atomic E-state index is 11.9. The van der Waals surface area contributed by atoms with Crippen LogP contribution in [0.4, 0.5) is 0 Å². The second-order valence-corrected chi connectivity index (χ2v) is 5.20. The van der Waals surface area contributed by atoms with Gasteiger partial charge in [0.25, 0.3) is 0 Å². The van der Waals surface area contributed by atoms with Crippen LogP contribution in [0, 0.1) is 35.5 Å². The van der Waals surface area contributed by atoms with Crippen molar-refractivity contribution in [3.05, 3.63) is 12.2 Å². The zero-order valence-corrected chi connectivity index (χ0v) is 8.17. The minimum Gasteiger partial charge on any atom is -0.273 e. The first kappa shape index (κ1) is 8.05. The van der Waals surface area contributed by atoms with E-state index in [1.165, 1.54) is 6.42 Å². The number of amides is 2. The van der Waals surface area contributed by atoms with E-state index in [-0.39, 0.29) is 35.5 Å². The summed E-state index contributed by atoms with van der Waals surface area (Å²) in [5, 5.41) is 0.854. The first-order valence-electron chi connectivity index (χ1n) is 5.51. The standard InChI is InChI=1S/C11H12N2O2/c12-13-10(14)8-4-1-2-5(7-3-6(4)7)9(8)11(13)15/h1-2,4-9H,3,12H2/t4-,5-,6+,7+,8-,9+/m1/s1. The maximum absolute atomic E-state index is 11.9. The van der Waals surface area contributed by atoms with Crippen LogP contribution < -0.4 is 5.84 Å². The summed E-state index contributed by atoms with van der Waals surface area (Å²) in [5.74, 6) is 6.80. The Morgan fingerprint density at radius 3 is 2.00 bits per heavy atom. The summed E-state index contributed by atoms with van der Waals surface area (Å²) in [6.45, 7) is 0. The Morgan fingerprint density at radius 2 is 1.53 bits per heavy atom. The number of hydrogen-bond donors (Lipinski definition) is 1. The first-order valence-corrected chi connectivity index (χ1v) is 5.51. The molecule has 3 fully saturated rings. The van der Waals surface area contributed by atoms with Crippen molar-refractivity contribution in [2.75, 3.05) is 0 Å². The average Bonchev–Trinajstić information content (AvgIpc) is 3.02. The van der Waals surface area contributed by atoms with E-state index >= 15 is 0 Å². The molecule has 2 bridgehead atoms. The topological polar surface area (TPSA) is 63.4 Å². The molecule has 5 rings (SSSR count). The van der Waals surface area contributed by atoms with Gasteiger partial charge in [0, 0.05) is 0 Å². The van der Waals surface area contributed by atoms with Crippen LogP contribution in [0.1, 0.15) is 6.42 Å². The van der Waals surface area contributed by atoms with Crippen molar-refractivity contribution in [1.82, 2.24) is 5.01 Å². The molecule has 0 radical (unpaired) electrons. The lowest BCUT2D eigenvalue weighted by atomic mass is 9.63. The zero-order chi connectivity index (χ0) is 10.3. The van der Waals surface area contributed by atoms with E-state index in [0.717, 1.165) is 5.01 Å². The summed E-state index contributed by atoms with van der Waals surface area (Å²) in [4.78, 5) is 23.7. The van der Waals surface area contributed by atoms with Crippen LogP contribution in [-0.4, -0.2) is 16.8 Å². The van der Waals surface area contributed by atoms with Gasteiger partial charge in [-0.3, -0.25) is 9.59 Å². The minimum absolute atomic E-state index is 0.138. The van der Waals surface area contributed by atoms with Crippen LogP contribution in [0.25, 0.3) is 0 Å². The highest BCUT2D eigenvalue weighted by Crippen LogP contribution is 2.65. The SMILES string of the molecule is NN1C(=O)[C@@H]2[C@@H]3C=C[C@H]([C@@H]4C[C@@H]34)[C@@H]2C1=O. The number of carbonyl (C=O) groups excluding carboxylic acids is 2. The predicted octanol–water partition coefficient (Wildman–Crippen LogP) is -0.0868. The molecule has 0 aromatic rings. The van der Waals surface area contributed by atoms with Crippen molar-refractivity contribution in [3.8, 4) is 0 Å². The number of imide groups is 1. The molecule has 2 amide bonds. The van der Waals surface area contributed by atoms with Gasteiger partial charge in [0.15, 0.2) is 0 Å². The lowest BCUT2D eigenvalue weighted by Gasteiger charge is -2.37. The van der Waals surface area contributed by atoms with E-state index in [4.69, 9.17) is 5.84 Å². The van der Waals surface area contributed by atoms with Gasteiger partial charge in [-0.25, -0.2) is 10.9 Å². The predicted molar refractivity (Wildman–Crippen MR) is 50.7 cm³/mol. The van der Waals surface area contributed by atoms with Crippen molar-refractivity contribution >= 4 is 11.8 Å². The molecule has 1 aliphatic heterocycles. The summed E-state index contributed by atoms with van der Waals surface area (Å²) >= 11 is 0. The molecule has 0 unspecified atom stereocenters. The van der Waals surface area contributed by atoms with Crippen LogP contribution in [0.15, 0.2) is 12.2 Å². The van der Waals surface area contributed by atoms with Gasteiger partial charge in [0.2, 0.25) is 11.8 Å². The molecule has 6 atom stereocenters. The lowest BCUT2D eigenvalue weighted by Crippen LogP contribution is -2.40. The first-order chi connectivity index (χ1) is 7.20. The second-order valence-electron chi connectivity index (χ2n) is 5.20. The van der Waals surface area contributed by atoms with Crippen molar-refractivity contribution in [2.24, 2.45) is 41.4 Å². The highest BCUT2D eigenvalue weighted by molar-refractivity contribution is 6.05. The van der Waals surface area contributed by atoms with E-state index in [0.29, 0.717) is 11.8 Å². The van der Waals surface area contributed by atoms with Gasteiger partial charge in [0.1, 0.15) is 0 Å². The van der Waals surface area contributed by atoms with Crippen LogP contribution in [0.5, 0.6) is 0 Å². The highest BCUT2D eigenvalue weighted by Gasteiger charge is 2.66. The minimum atomic E-state index is -0.158. The molecule has 2 saturated carbocycles. The van der Waals surface area contributed by atoms with Crippen molar-refractivity contribution in [3.63, 3.8) is 0 Å². The fourth-order valence-electron chi connectivity index (χ4n) is 3.98. The summed E-state index contributed by atoms with van der Waals surface area (Å²) < 4.78 is 0. The number of nitrogens with zero attached hydrogens (tertiary/aromatic N) is 1. The summed E-state index contributed by atoms with van der Waals surface area (Å²) in [6, 6.07) is 0. The van der Waals surface area contributed by atoms with Crippen molar-refractivity contribution < 1.29 is 9.59 Å². The van der Waals surface area contributed by atoms with Gasteiger partial charge in [-0.05, 0) is 30.1 Å². The van der Waals surface area contributed by atoms with E-state index in [1.54, 1.807) is 0 Å². The zero-order valence-electron chi connectivity index (χ0n) is 8.17. The fraction of sp³-hybridized carbons (Fsp3) is 0.636. The van der Waals surface area contributed by atoms with Gasteiger partial charge in [-0.2, -0.15) is 0 Å². The summed E-state index contributed by atoms with van der Waals surface area (Å²) in [6.07, 6.45) is 5.48. The Hall–Kier alpha value is -1.16. The molecule has 1 saturated heterocycles. The lowest BCUT2D eigenvalue weighted by molar-refractivity contribution is -0.140. The molecule has 4 aliphatic carbocycles. The molecule has 1 heterocycles. The van der Waals surface area contributed by atoms with Gasteiger partial charge >= 0.3 is 0 Å². The normalized spacial score (nSPS) is 54.6. The van der Waals surface area contributed by atoms with Crippen LogP contribution in [0.2, 0.25) is 0 Å². The van der Waals surface area contributed by atoms with Crippen LogP contribution >= 0.6 is 0 Å². The number of nitrogens with two attached hydrogens (primary N) is 1. The van der Waals surface area contributed by atoms with E-state index < -0.39 is 0 Å². The molecule has 5 aliphatic rings. The number of carbonyl (C=O) groups is 2. The molecular formula is C11H12N2O2. The average molecular weight is 204 g/mol. The maximum Gasteiger partial charge on any atom is 0.248 e. The third-order valence-corrected chi connectivity index (χ3v) is 4.70. The number of hydrazine groups is 1. The van der Waals surface area contributed by atoms with Gasteiger partial charge in [0.05, 0.1) is 11.8 Å². The third kappa shape index (κ3) is 0.718. The van der Waals surface area contributed by atoms with Crippen LogP contribution in [-0.2, 0) is 9.59 Å². The highest BCUT2D eigenvalue weighted by atomic mass is 16.2. The Labute approximate surface area is 87.1 Å². The van der Waals surface area contributed by atoms with E-state index in [9.17, 15) is 9.59 Å². The molecule has 0 spiro atoms. The van der Waals surface area contributed by atoms with E-state index in [1.807, 2.05) is 0 Å². The molecule has 78 valence electrons. The fourth-order valence-corrected chi connectivity index (χ4v) is 3.98. The smallest absolute Gasteiger partial charge is 0.248 e. The Bertz CT molecular complexity index is 381. The van der Waals surface area contributed by atoms with Crippen LogP contribution in [0.3, 0.4) is 0 Å². The number of hydrogen-bond acceptors (Lipinski definition) is 3. The van der Waals surface area contributed by atoms with E-state index in [2.05, 4.69) is 12.2 Å². The summed E-state index contributed by atoms with van der Waals surface area (Å²) in [7, 11) is 0. The summed E-state index contributed by atoms with van der Waals surface area (Å²) in [5.41, 5.74) is 0. The largest absolute Gasteiger partial charge is 0.273 e. The van der Waals surface area contributed by atoms with Gasteiger partial charge in [-0.1, -0.05) is 12.2 Å². The molecule has 4 heteroatoms. The molecular weight excluding hydrogens is 192 g/mol. The molecule has 4 nitrogen and oxygen atoms in total. The van der Waals surface area contributed by atoms with Crippen molar-refractivity contribution in [1.29, 1.82) is 0 Å². The third-order valence-electron chi connectivity index (χ3n) is 4.70. The Kier molecular flexibility index (Phi) is 1.16. The van der Waals surface area contributed by atoms with Gasteiger partial charge in [-0.15, -0.1) is 0 Å². The molecule has 0 aromatic carbocycles. The molecule has 0 aromatic heterocycles. The number of rotatable bonds is 0. The molecule has 2 N–H and O–H groups in total. The molecule has 15 heavy (non-hydrogen) atoms. The monoisotopic (exact) mass is 204 g/mol. The quantitative estimate of drug-likeness (QED) is 0.260.